The maximum absolute atomic E-state index is 11.4. The van der Waals surface area contributed by atoms with Crippen molar-refractivity contribution in [2.75, 3.05) is 17.8 Å². The Labute approximate surface area is 101 Å². The van der Waals surface area contributed by atoms with Gasteiger partial charge in [-0.2, -0.15) is 13.1 Å². The van der Waals surface area contributed by atoms with E-state index < -0.39 is 10.2 Å². The molecule has 0 saturated carbocycles. The number of aromatic nitrogens is 1. The summed E-state index contributed by atoms with van der Waals surface area (Å²) in [6.07, 6.45) is 0. The molecule has 0 bridgehead atoms. The van der Waals surface area contributed by atoms with Gasteiger partial charge in [0.05, 0.1) is 6.54 Å². The van der Waals surface area contributed by atoms with Gasteiger partial charge in [-0.1, -0.05) is 18.9 Å². The van der Waals surface area contributed by atoms with Gasteiger partial charge in [-0.3, -0.25) is 4.72 Å². The zero-order valence-corrected chi connectivity index (χ0v) is 10.2. The molecule has 0 aliphatic rings. The van der Waals surface area contributed by atoms with Crippen molar-refractivity contribution in [2.24, 2.45) is 5.73 Å². The second-order valence-corrected chi connectivity index (χ2v) is 4.52. The van der Waals surface area contributed by atoms with Crippen molar-refractivity contribution in [2.45, 2.75) is 6.92 Å². The molecule has 0 aliphatic heterocycles. The molecule has 1 heterocycles. The summed E-state index contributed by atoms with van der Waals surface area (Å²) in [5, 5.41) is 0. The highest BCUT2D eigenvalue weighted by atomic mass is 32.2. The average molecular weight is 254 g/mol. The molecule has 0 spiro atoms. The molecule has 6 nitrogen and oxygen atoms in total. The Morgan fingerprint density at radius 2 is 2.24 bits per heavy atom. The Morgan fingerprint density at radius 3 is 2.88 bits per heavy atom. The van der Waals surface area contributed by atoms with Gasteiger partial charge in [0.2, 0.25) is 0 Å². The lowest BCUT2D eigenvalue weighted by Crippen LogP contribution is -2.30. The average Bonchev–Trinajstić information content (AvgIpc) is 2.26. The van der Waals surface area contributed by atoms with E-state index in [4.69, 9.17) is 5.73 Å². The van der Waals surface area contributed by atoms with Crippen LogP contribution in [0.15, 0.2) is 18.2 Å². The number of nitrogens with one attached hydrogen (secondary N) is 2. The Balaban J connectivity index is 2.86. The third-order valence-electron chi connectivity index (χ3n) is 1.64. The molecule has 0 fully saturated rings. The predicted molar refractivity (Wildman–Crippen MR) is 66.4 cm³/mol. The molecule has 17 heavy (non-hydrogen) atoms. The van der Waals surface area contributed by atoms with Crippen molar-refractivity contribution < 1.29 is 8.42 Å². The van der Waals surface area contributed by atoms with E-state index in [-0.39, 0.29) is 12.4 Å². The van der Waals surface area contributed by atoms with Crippen molar-refractivity contribution in [1.29, 1.82) is 0 Å². The molecular weight excluding hydrogens is 240 g/mol. The first kappa shape index (κ1) is 13.4. The lowest BCUT2D eigenvalue weighted by molar-refractivity contribution is 0.589. The van der Waals surface area contributed by atoms with Crippen molar-refractivity contribution in [3.63, 3.8) is 0 Å². The van der Waals surface area contributed by atoms with Gasteiger partial charge in [-0.15, -0.1) is 0 Å². The zero-order valence-electron chi connectivity index (χ0n) is 9.40. The monoisotopic (exact) mass is 254 g/mol. The lowest BCUT2D eigenvalue weighted by atomic mass is 10.3. The molecule has 0 aromatic carbocycles. The Hall–Kier alpha value is -1.62. The first-order valence-electron chi connectivity index (χ1n) is 5.01. The minimum absolute atomic E-state index is 0.217. The van der Waals surface area contributed by atoms with E-state index in [1.807, 2.05) is 0 Å². The molecule has 0 radical (unpaired) electrons. The molecule has 92 valence electrons. The summed E-state index contributed by atoms with van der Waals surface area (Å²) in [7, 11) is -3.56. The Bertz CT molecular complexity index is 531. The second-order valence-electron chi connectivity index (χ2n) is 3.02. The summed E-state index contributed by atoms with van der Waals surface area (Å²) in [5.41, 5.74) is 5.70. The topological polar surface area (TPSA) is 97.1 Å². The maximum atomic E-state index is 11.4. The summed E-state index contributed by atoms with van der Waals surface area (Å²) in [6, 6.07) is 4.88. The van der Waals surface area contributed by atoms with Crippen LogP contribution in [-0.2, 0) is 10.2 Å². The van der Waals surface area contributed by atoms with Gasteiger partial charge >= 0.3 is 0 Å². The smallest absolute Gasteiger partial charge is 0.300 e. The normalized spacial score (nSPS) is 10.5. The number of hydrogen-bond acceptors (Lipinski definition) is 4. The fourth-order valence-electron chi connectivity index (χ4n) is 1.07. The highest BCUT2D eigenvalue weighted by Crippen LogP contribution is 2.05. The molecule has 0 saturated heterocycles. The number of anilines is 1. The second kappa shape index (κ2) is 6.20. The van der Waals surface area contributed by atoms with E-state index in [0.717, 1.165) is 0 Å². The summed E-state index contributed by atoms with van der Waals surface area (Å²) < 4.78 is 27.4. The first-order valence-corrected chi connectivity index (χ1v) is 6.49. The number of nitrogens with zero attached hydrogens (tertiary/aromatic N) is 1. The van der Waals surface area contributed by atoms with E-state index >= 15 is 0 Å². The van der Waals surface area contributed by atoms with Crippen LogP contribution in [0.25, 0.3) is 0 Å². The molecule has 1 aromatic heterocycles. The molecule has 0 atom stereocenters. The number of rotatable bonds is 4. The molecular formula is C10H14N4O2S. The molecule has 7 heteroatoms. The zero-order chi connectivity index (χ0) is 12.7. The summed E-state index contributed by atoms with van der Waals surface area (Å²) in [6.45, 7) is 2.23. The Kier molecular flexibility index (Phi) is 4.90. The van der Waals surface area contributed by atoms with Crippen LogP contribution in [0.4, 0.5) is 5.82 Å². The van der Waals surface area contributed by atoms with Crippen molar-refractivity contribution in [3.05, 3.63) is 23.9 Å². The summed E-state index contributed by atoms with van der Waals surface area (Å²) >= 11 is 0. The quantitative estimate of drug-likeness (QED) is 0.640. The summed E-state index contributed by atoms with van der Waals surface area (Å²) in [5.74, 6) is 5.58. The lowest BCUT2D eigenvalue weighted by Gasteiger charge is -2.06. The number of pyridine rings is 1. The molecule has 1 aromatic rings. The summed E-state index contributed by atoms with van der Waals surface area (Å²) in [4.78, 5) is 4.02. The van der Waals surface area contributed by atoms with Crippen molar-refractivity contribution >= 4 is 16.0 Å². The third-order valence-corrected chi connectivity index (χ3v) is 2.79. The van der Waals surface area contributed by atoms with Gasteiger partial charge in [0.15, 0.2) is 0 Å². The maximum Gasteiger partial charge on any atom is 0.300 e. The van der Waals surface area contributed by atoms with Crippen LogP contribution in [0.5, 0.6) is 0 Å². The Morgan fingerprint density at radius 1 is 1.47 bits per heavy atom. The van der Waals surface area contributed by atoms with Gasteiger partial charge in [0.25, 0.3) is 10.2 Å². The van der Waals surface area contributed by atoms with Gasteiger partial charge < -0.3 is 5.73 Å². The van der Waals surface area contributed by atoms with Crippen LogP contribution >= 0.6 is 0 Å². The van der Waals surface area contributed by atoms with Crippen LogP contribution in [0.3, 0.4) is 0 Å². The van der Waals surface area contributed by atoms with Gasteiger partial charge in [-0.05, 0) is 18.1 Å². The van der Waals surface area contributed by atoms with Crippen molar-refractivity contribution in [3.8, 4) is 11.8 Å². The van der Waals surface area contributed by atoms with Crippen LogP contribution in [0, 0.1) is 11.8 Å². The third kappa shape index (κ3) is 4.82. The largest absolute Gasteiger partial charge is 0.320 e. The fraction of sp³-hybridized carbons (Fsp3) is 0.300. The molecule has 0 amide bonds. The van der Waals surface area contributed by atoms with Gasteiger partial charge in [-0.25, -0.2) is 4.98 Å². The SMILES string of the molecule is CCNS(=O)(=O)Nc1cccc(C#CCN)n1. The van der Waals surface area contributed by atoms with Crippen LogP contribution < -0.4 is 15.2 Å². The number of nitrogens with two attached hydrogens (primary N) is 1. The number of hydrogen-bond donors (Lipinski definition) is 3. The highest BCUT2D eigenvalue weighted by Gasteiger charge is 2.08. The van der Waals surface area contributed by atoms with E-state index in [0.29, 0.717) is 12.2 Å². The van der Waals surface area contributed by atoms with Crippen molar-refractivity contribution in [1.82, 2.24) is 9.71 Å². The molecule has 0 unspecified atom stereocenters. The van der Waals surface area contributed by atoms with E-state index in [9.17, 15) is 8.42 Å². The molecule has 4 N–H and O–H groups in total. The molecule has 0 aliphatic carbocycles. The van der Waals surface area contributed by atoms with Crippen LogP contribution in [-0.4, -0.2) is 26.5 Å². The standard InChI is InChI=1S/C10H14N4O2S/c1-2-12-17(15,16)14-10-7-3-5-9(13-10)6-4-8-11/h3,5,7,12H,2,8,11H2,1H3,(H,13,14). The van der Waals surface area contributed by atoms with E-state index in [1.54, 1.807) is 25.1 Å². The first-order chi connectivity index (χ1) is 8.07. The molecule has 1 rings (SSSR count). The minimum atomic E-state index is -3.56. The predicted octanol–water partition coefficient (Wildman–Crippen LogP) is -0.342. The van der Waals surface area contributed by atoms with Crippen LogP contribution in [0.2, 0.25) is 0 Å². The van der Waals surface area contributed by atoms with Gasteiger partial charge in [0, 0.05) is 6.54 Å². The highest BCUT2D eigenvalue weighted by molar-refractivity contribution is 7.90. The van der Waals surface area contributed by atoms with Crippen LogP contribution in [0.1, 0.15) is 12.6 Å². The van der Waals surface area contributed by atoms with E-state index in [2.05, 4.69) is 26.3 Å². The minimum Gasteiger partial charge on any atom is -0.320 e. The van der Waals surface area contributed by atoms with Gasteiger partial charge in [0.1, 0.15) is 11.5 Å². The fourth-order valence-corrected chi connectivity index (χ4v) is 1.91. The van der Waals surface area contributed by atoms with E-state index in [1.165, 1.54) is 0 Å².